The number of carbonyl (C=O) groups is 1. The van der Waals surface area contributed by atoms with Gasteiger partial charge in [0.15, 0.2) is 5.78 Å². The second kappa shape index (κ2) is 41.0. The number of ketones is 1. The molecule has 128 heavy (non-hydrogen) atoms. The van der Waals surface area contributed by atoms with Gasteiger partial charge in [-0.25, -0.2) is 4.57 Å². The molecule has 1 N–H and O–H groups in total. The molecule has 12 aromatic carbocycles. The maximum Gasteiger partial charge on any atom is 0.294 e. The number of rotatable bonds is 10. The number of para-hydroxylation sites is 3. The molecule has 0 fully saturated rings. The summed E-state index contributed by atoms with van der Waals surface area (Å²) in [5.41, 5.74) is 27.2. The normalized spacial score (nSPS) is 13.4. The first-order valence-electron chi connectivity index (χ1n) is 42.7. The molecular formula is C113H101Ir2N10O3-. The smallest absolute Gasteiger partial charge is 0.294 e. The fourth-order valence-corrected chi connectivity index (χ4v) is 17.1. The molecule has 2 radical (unpaired) electrons. The summed E-state index contributed by atoms with van der Waals surface area (Å²) in [6, 6.07) is 111. The Morgan fingerprint density at radius 1 is 0.562 bits per heavy atom. The Bertz CT molecular complexity index is 6920. The Morgan fingerprint density at radius 2 is 1.17 bits per heavy atom. The quantitative estimate of drug-likeness (QED) is 0.0469. The predicted octanol–water partition coefficient (Wildman–Crippen LogP) is 25.7. The molecule has 5 aromatic heterocycles. The van der Waals surface area contributed by atoms with Crippen LogP contribution in [-0.2, 0) is 64.5 Å². The maximum atomic E-state index is 10.0. The average Bonchev–Trinajstić information content (AvgIpc) is 1.54. The molecule has 13 nitrogen and oxygen atoms in total. The number of imidazole rings is 1. The minimum atomic E-state index is -0.125. The summed E-state index contributed by atoms with van der Waals surface area (Å²) in [6.45, 7) is 22.2. The zero-order valence-corrected chi connectivity index (χ0v) is 77.0. The molecule has 0 saturated heterocycles. The van der Waals surface area contributed by atoms with Crippen molar-refractivity contribution in [2.75, 3.05) is 4.90 Å². The number of allylic oxidation sites excluding steroid dienone is 6. The zero-order valence-electron chi connectivity index (χ0n) is 72.2. The molecule has 0 aliphatic carbocycles. The Kier molecular flexibility index (Phi) is 29.0. The Labute approximate surface area is 777 Å². The van der Waals surface area contributed by atoms with Gasteiger partial charge in [-0.1, -0.05) is 265 Å². The first kappa shape index (κ1) is 90.3. The van der Waals surface area contributed by atoms with E-state index in [0.29, 0.717) is 29.8 Å². The average molecular weight is 2030 g/mol. The van der Waals surface area contributed by atoms with Crippen LogP contribution in [0.15, 0.2) is 389 Å². The largest absolute Gasteiger partial charge is 0.527 e. The first-order chi connectivity index (χ1) is 61.1. The topological polar surface area (TPSA) is 122 Å². The maximum absolute atomic E-state index is 10.0. The van der Waals surface area contributed by atoms with Gasteiger partial charge in [0.2, 0.25) is 5.52 Å². The second-order valence-corrected chi connectivity index (χ2v) is 32.3. The van der Waals surface area contributed by atoms with Crippen molar-refractivity contribution < 1.29 is 64.1 Å². The Balaban J connectivity index is 0.000000124. The summed E-state index contributed by atoms with van der Waals surface area (Å²) in [5.74, 6) is 3.62. The van der Waals surface area contributed by atoms with Crippen LogP contribution in [0.4, 0.5) is 5.69 Å². The number of pyridine rings is 3. The molecule has 0 saturated carbocycles. The molecule has 23 rings (SSSR count). The second-order valence-electron chi connectivity index (χ2n) is 32.3. The summed E-state index contributed by atoms with van der Waals surface area (Å²) >= 11 is 0. The van der Waals surface area contributed by atoms with Gasteiger partial charge in [-0.2, -0.15) is 4.57 Å². The number of carbonyl (C=O) groups excluding carboxylic acids is 1. The summed E-state index contributed by atoms with van der Waals surface area (Å²) in [5, 5.41) is 19.7. The van der Waals surface area contributed by atoms with Crippen LogP contribution in [-0.4, -0.2) is 51.4 Å². The number of aliphatic hydroxyl groups excluding tert-OH is 1. The van der Waals surface area contributed by atoms with Crippen LogP contribution < -0.4 is 18.9 Å². The Morgan fingerprint density at radius 3 is 1.84 bits per heavy atom. The molecular weight excluding hydrogens is 1930 g/mol. The van der Waals surface area contributed by atoms with Crippen molar-refractivity contribution in [2.45, 2.75) is 106 Å². The van der Waals surface area contributed by atoms with E-state index >= 15 is 0 Å². The summed E-state index contributed by atoms with van der Waals surface area (Å²) in [4.78, 5) is 30.3. The van der Waals surface area contributed by atoms with Crippen LogP contribution in [0.3, 0.4) is 0 Å². The predicted molar refractivity (Wildman–Crippen MR) is 513 cm³/mol. The van der Waals surface area contributed by atoms with Crippen LogP contribution in [0.25, 0.3) is 111 Å². The van der Waals surface area contributed by atoms with Crippen molar-refractivity contribution in [3.63, 3.8) is 0 Å². The van der Waals surface area contributed by atoms with Crippen molar-refractivity contribution in [3.8, 4) is 67.6 Å². The van der Waals surface area contributed by atoms with E-state index in [1.807, 2.05) is 115 Å². The summed E-state index contributed by atoms with van der Waals surface area (Å²) in [7, 11) is 0. The number of benzene rings is 12. The molecule has 0 amide bonds. The van der Waals surface area contributed by atoms with Crippen molar-refractivity contribution in [1.82, 2.24) is 34.3 Å². The van der Waals surface area contributed by atoms with Crippen LogP contribution in [0.1, 0.15) is 120 Å². The molecule has 1 unspecified atom stereocenters. The van der Waals surface area contributed by atoms with Crippen LogP contribution in [0, 0.1) is 18.2 Å². The van der Waals surface area contributed by atoms with E-state index in [9.17, 15) is 4.79 Å². The standard InChI is InChI=1S/C27H18N.C22H25N2.C18H16N3.C15H10NO.C14H12N2.C11H8N.C5H8O2.CH4.2Ir/c1-4-10-20(11-5-1)23-16-17-26-25(18-23)24(21-12-6-2-7-13-21)19-27(28-26)22-14-8-3-9-15-22;1-15(2)18-10-7-11-19(16(3)4)21(18)24-13-12-23-14-17-8-5-6-9-20(17)22(23)24;1-11(2)21-19-17-15-8-4-3-7-13(15)14-9-5-6-12-10-20(21)18(17)16(12)14;1-11-13(14-7-4-5-9-16-14)10-12-6-2-3-8-15(12)17-11;1-2-7-13-11(5-1)9-14-15-8-4-3-6-12(15)10-16(13)14;1-2-6-10(7-3-1)11-8-4-5-9-12-11;1-4(6)3-5(2)7;;;/h1-14,16-19H;5-13,15-16H,14H2,1-4H3;3-9,11H,10H2,1-2H3;2-9H,1H2;1-8,10,14H,9H2;1-6,8-9H;3,6H,1-2H3;1H4;;/q-1;2*+1;-1;;-1;;;;. The van der Waals surface area contributed by atoms with Gasteiger partial charge in [-0.15, -0.1) is 88.6 Å². The van der Waals surface area contributed by atoms with Gasteiger partial charge < -0.3 is 24.6 Å². The fourth-order valence-electron chi connectivity index (χ4n) is 17.1. The van der Waals surface area contributed by atoms with E-state index in [-0.39, 0.29) is 59.2 Å². The Hall–Kier alpha value is -13.9. The van der Waals surface area contributed by atoms with Crippen molar-refractivity contribution in [2.24, 2.45) is 0 Å². The van der Waals surface area contributed by atoms with E-state index in [4.69, 9.17) is 19.9 Å². The molecule has 640 valence electrons. The van der Waals surface area contributed by atoms with E-state index < -0.39 is 0 Å². The van der Waals surface area contributed by atoms with Crippen molar-refractivity contribution >= 4 is 60.5 Å². The van der Waals surface area contributed by atoms with Gasteiger partial charge in [0.25, 0.3) is 11.3 Å². The minimum Gasteiger partial charge on any atom is -0.527 e. The minimum absolute atomic E-state index is 0. The number of aromatic nitrogens is 8. The van der Waals surface area contributed by atoms with Gasteiger partial charge >= 0.3 is 0 Å². The monoisotopic (exact) mass is 2030 g/mol. The molecule has 6 aliphatic rings. The molecule has 6 aliphatic heterocycles. The SMILES string of the molecule is C.C1=CC2=CN3c4ccccc4CC3N2C=C1.C=C1Oc2ccccc2[C-]=C1c1ccccn1.CC(=O)C=C(C)O.CC(C)c1cccc(C(C)C)c1-n1cc[n+]2c1-c1ccccc1C2.CC(C)n1nc2c3ccccc3c3cccc4c3c2[n+]1C4.[Ir].[Ir].[c-]1ccccc1-c1cc(-c2ccccc2)c2cc(-c3ccccc3)ccc2n1.[c-]1ccccc1-c1ccccn1. The molecule has 11 heterocycles. The summed E-state index contributed by atoms with van der Waals surface area (Å²) in [6.07, 6.45) is 24.8. The first-order valence-corrected chi connectivity index (χ1v) is 42.7. The van der Waals surface area contributed by atoms with E-state index in [1.165, 1.54) is 126 Å². The van der Waals surface area contributed by atoms with Gasteiger partial charge in [0.05, 0.1) is 34.0 Å². The van der Waals surface area contributed by atoms with Gasteiger partial charge in [-0.05, 0) is 149 Å². The number of hydrogen-bond donors (Lipinski definition) is 1. The van der Waals surface area contributed by atoms with E-state index in [2.05, 4.69) is 336 Å². The van der Waals surface area contributed by atoms with Gasteiger partial charge in [0.1, 0.15) is 43.4 Å². The number of aliphatic hydroxyl groups is 1. The van der Waals surface area contributed by atoms with Crippen LogP contribution in [0.5, 0.6) is 5.75 Å². The third-order valence-corrected chi connectivity index (χ3v) is 22.8. The third-order valence-electron chi connectivity index (χ3n) is 22.8. The fraction of sp³-hybridized carbons (Fsp3) is 0.142. The molecule has 1 atom stereocenters. The number of fused-ring (bicyclic) bond motifs is 13. The number of ether oxygens (including phenoxy) is 1. The zero-order chi connectivity index (χ0) is 86.0. The molecule has 17 aromatic rings. The van der Waals surface area contributed by atoms with Gasteiger partial charge in [0, 0.05) is 132 Å². The van der Waals surface area contributed by atoms with Crippen LogP contribution in [0.2, 0.25) is 0 Å². The number of anilines is 1. The number of hydrogen-bond acceptors (Lipinski definition) is 9. The van der Waals surface area contributed by atoms with E-state index in [1.54, 1.807) is 12.4 Å². The molecule has 0 bridgehead atoms. The summed E-state index contributed by atoms with van der Waals surface area (Å²) < 4.78 is 12.8. The van der Waals surface area contributed by atoms with Crippen LogP contribution >= 0.6 is 0 Å². The van der Waals surface area contributed by atoms with E-state index in [0.717, 1.165) is 81.0 Å². The van der Waals surface area contributed by atoms with Gasteiger partial charge in [-0.3, -0.25) is 14.8 Å². The number of nitrogens with zero attached hydrogens (tertiary/aromatic N) is 10. The molecule has 15 heteroatoms. The third kappa shape index (κ3) is 19.4. The molecule has 0 spiro atoms. The van der Waals surface area contributed by atoms with Crippen molar-refractivity contribution in [1.29, 1.82) is 0 Å². The van der Waals surface area contributed by atoms with Crippen molar-refractivity contribution in [3.05, 3.63) is 446 Å².